The summed E-state index contributed by atoms with van der Waals surface area (Å²) in [6, 6.07) is 6.15. The van der Waals surface area contributed by atoms with E-state index in [0.717, 1.165) is 31.5 Å². The lowest BCUT2D eigenvalue weighted by atomic mass is 9.98. The molecule has 1 aliphatic heterocycles. The van der Waals surface area contributed by atoms with Gasteiger partial charge in [-0.3, -0.25) is 4.90 Å². The number of hydrogen-bond donors (Lipinski definition) is 2. The van der Waals surface area contributed by atoms with Gasteiger partial charge in [0.1, 0.15) is 0 Å². The van der Waals surface area contributed by atoms with E-state index in [2.05, 4.69) is 31.0 Å². The number of para-hydroxylation sites is 1. The van der Waals surface area contributed by atoms with Crippen LogP contribution in [0.25, 0.3) is 0 Å². The molecule has 0 aromatic heterocycles. The van der Waals surface area contributed by atoms with Crippen LogP contribution in [-0.4, -0.2) is 41.8 Å². The van der Waals surface area contributed by atoms with Crippen LogP contribution in [0, 0.1) is 0 Å². The molecule has 0 atom stereocenters. The number of methoxy groups -OCH3 is 1. The van der Waals surface area contributed by atoms with Crippen molar-refractivity contribution in [2.45, 2.75) is 51.7 Å². The van der Waals surface area contributed by atoms with Crippen LogP contribution >= 0.6 is 0 Å². The Morgan fingerprint density at radius 1 is 1.29 bits per heavy atom. The second-order valence-corrected chi connectivity index (χ2v) is 6.78. The van der Waals surface area contributed by atoms with Crippen molar-refractivity contribution in [3.8, 4) is 11.5 Å². The first kappa shape index (κ1) is 16.1. The summed E-state index contributed by atoms with van der Waals surface area (Å²) in [6.07, 6.45) is 2.31. The van der Waals surface area contributed by atoms with Gasteiger partial charge in [-0.25, -0.2) is 0 Å². The Bertz CT molecular complexity index is 460. The van der Waals surface area contributed by atoms with Crippen LogP contribution in [0.15, 0.2) is 18.2 Å². The van der Waals surface area contributed by atoms with Crippen molar-refractivity contribution in [2.24, 2.45) is 0 Å². The highest BCUT2D eigenvalue weighted by Crippen LogP contribution is 2.29. The van der Waals surface area contributed by atoms with Crippen LogP contribution in [0.1, 0.15) is 39.2 Å². The third-order valence-corrected chi connectivity index (χ3v) is 4.33. The lowest BCUT2D eigenvalue weighted by Gasteiger charge is -2.41. The molecule has 1 fully saturated rings. The van der Waals surface area contributed by atoms with Crippen LogP contribution in [0.5, 0.6) is 11.5 Å². The minimum Gasteiger partial charge on any atom is -0.504 e. The zero-order chi connectivity index (χ0) is 15.5. The fourth-order valence-electron chi connectivity index (χ4n) is 2.88. The summed E-state index contributed by atoms with van der Waals surface area (Å²) in [5, 5.41) is 13.7. The van der Waals surface area contributed by atoms with Crippen molar-refractivity contribution in [2.75, 3.05) is 20.2 Å². The van der Waals surface area contributed by atoms with E-state index in [-0.39, 0.29) is 11.3 Å². The Morgan fingerprint density at radius 2 is 1.95 bits per heavy atom. The summed E-state index contributed by atoms with van der Waals surface area (Å²) in [6.45, 7) is 9.76. The maximum absolute atomic E-state index is 10.1. The molecule has 1 heterocycles. The average molecular weight is 292 g/mol. The van der Waals surface area contributed by atoms with Gasteiger partial charge in [0.15, 0.2) is 11.5 Å². The third kappa shape index (κ3) is 4.11. The van der Waals surface area contributed by atoms with E-state index in [9.17, 15) is 5.11 Å². The number of phenols is 1. The van der Waals surface area contributed by atoms with E-state index in [1.54, 1.807) is 13.2 Å². The lowest BCUT2D eigenvalue weighted by molar-refractivity contribution is 0.0960. The summed E-state index contributed by atoms with van der Waals surface area (Å²) < 4.78 is 5.14. The van der Waals surface area contributed by atoms with E-state index in [4.69, 9.17) is 4.74 Å². The van der Waals surface area contributed by atoms with Crippen molar-refractivity contribution in [3.63, 3.8) is 0 Å². The van der Waals surface area contributed by atoms with Crippen molar-refractivity contribution in [1.82, 2.24) is 10.2 Å². The molecule has 118 valence electrons. The molecule has 1 saturated heterocycles. The minimum absolute atomic E-state index is 0.250. The summed E-state index contributed by atoms with van der Waals surface area (Å²) in [4.78, 5) is 2.54. The highest BCUT2D eigenvalue weighted by atomic mass is 16.5. The van der Waals surface area contributed by atoms with Gasteiger partial charge < -0.3 is 15.2 Å². The monoisotopic (exact) mass is 292 g/mol. The Morgan fingerprint density at radius 3 is 2.52 bits per heavy atom. The van der Waals surface area contributed by atoms with E-state index in [0.29, 0.717) is 18.3 Å². The van der Waals surface area contributed by atoms with Gasteiger partial charge in [-0.2, -0.15) is 0 Å². The fraction of sp³-hybridized carbons (Fsp3) is 0.647. The van der Waals surface area contributed by atoms with Crippen LogP contribution in [-0.2, 0) is 6.54 Å². The number of ether oxygens (including phenoxy) is 1. The first-order valence-corrected chi connectivity index (χ1v) is 7.75. The van der Waals surface area contributed by atoms with Gasteiger partial charge >= 0.3 is 0 Å². The largest absolute Gasteiger partial charge is 0.504 e. The van der Waals surface area contributed by atoms with E-state index in [1.807, 2.05) is 12.1 Å². The molecule has 21 heavy (non-hydrogen) atoms. The number of phenolic OH excluding ortho intramolecular Hbond substituents is 1. The van der Waals surface area contributed by atoms with E-state index < -0.39 is 0 Å². The molecule has 0 amide bonds. The number of likely N-dealkylation sites (tertiary alicyclic amines) is 1. The van der Waals surface area contributed by atoms with Gasteiger partial charge in [-0.1, -0.05) is 12.1 Å². The standard InChI is InChI=1S/C17H28N2O2/c1-17(2,3)19-10-8-14(9-11-19)18-12-13-6-5-7-15(21-4)16(13)20/h5-7,14,18,20H,8-12H2,1-4H3. The molecule has 1 aromatic rings. The van der Waals surface area contributed by atoms with Crippen molar-refractivity contribution < 1.29 is 9.84 Å². The molecule has 2 rings (SSSR count). The number of aromatic hydroxyl groups is 1. The topological polar surface area (TPSA) is 44.7 Å². The number of hydrogen-bond acceptors (Lipinski definition) is 4. The molecule has 1 aromatic carbocycles. The van der Waals surface area contributed by atoms with Gasteiger partial charge in [-0.05, 0) is 39.7 Å². The minimum atomic E-state index is 0.250. The predicted molar refractivity (Wildman–Crippen MR) is 85.8 cm³/mol. The van der Waals surface area contributed by atoms with Gasteiger partial charge in [0, 0.05) is 36.8 Å². The number of benzene rings is 1. The van der Waals surface area contributed by atoms with Gasteiger partial charge in [0.25, 0.3) is 0 Å². The van der Waals surface area contributed by atoms with Crippen LogP contribution in [0.2, 0.25) is 0 Å². The third-order valence-electron chi connectivity index (χ3n) is 4.33. The normalized spacial score (nSPS) is 17.9. The van der Waals surface area contributed by atoms with Crippen molar-refractivity contribution >= 4 is 0 Å². The summed E-state index contributed by atoms with van der Waals surface area (Å²) in [5.41, 5.74) is 1.16. The summed E-state index contributed by atoms with van der Waals surface area (Å²) >= 11 is 0. The maximum Gasteiger partial charge on any atom is 0.162 e. The summed E-state index contributed by atoms with van der Waals surface area (Å²) in [5.74, 6) is 0.788. The van der Waals surface area contributed by atoms with Gasteiger partial charge in [0.2, 0.25) is 0 Å². The Hall–Kier alpha value is -1.26. The molecular weight excluding hydrogens is 264 g/mol. The molecule has 0 radical (unpaired) electrons. The quantitative estimate of drug-likeness (QED) is 0.895. The molecule has 0 bridgehead atoms. The predicted octanol–water partition coefficient (Wildman–Crippen LogP) is 2.75. The number of rotatable bonds is 4. The molecule has 1 aliphatic rings. The van der Waals surface area contributed by atoms with Crippen molar-refractivity contribution in [1.29, 1.82) is 0 Å². The molecular formula is C17H28N2O2. The highest BCUT2D eigenvalue weighted by Gasteiger charge is 2.26. The molecule has 0 aliphatic carbocycles. The Labute approximate surface area is 128 Å². The molecule has 4 nitrogen and oxygen atoms in total. The lowest BCUT2D eigenvalue weighted by Crippen LogP contribution is -2.49. The summed E-state index contributed by atoms with van der Waals surface area (Å²) in [7, 11) is 1.58. The van der Waals surface area contributed by atoms with Crippen LogP contribution in [0.4, 0.5) is 0 Å². The van der Waals surface area contributed by atoms with Gasteiger partial charge in [0.05, 0.1) is 7.11 Å². The zero-order valence-corrected chi connectivity index (χ0v) is 13.6. The SMILES string of the molecule is COc1cccc(CNC2CCN(C(C)(C)C)CC2)c1O. The maximum atomic E-state index is 10.1. The Kier molecular flexibility index (Phi) is 5.12. The fourth-order valence-corrected chi connectivity index (χ4v) is 2.88. The highest BCUT2D eigenvalue weighted by molar-refractivity contribution is 5.45. The molecule has 0 spiro atoms. The number of piperidine rings is 1. The van der Waals surface area contributed by atoms with Gasteiger partial charge in [-0.15, -0.1) is 0 Å². The molecule has 2 N–H and O–H groups in total. The zero-order valence-electron chi connectivity index (χ0n) is 13.6. The van der Waals surface area contributed by atoms with Crippen LogP contribution in [0.3, 0.4) is 0 Å². The first-order chi connectivity index (χ1) is 9.91. The second kappa shape index (κ2) is 6.67. The Balaban J connectivity index is 1.85. The number of nitrogens with zero attached hydrogens (tertiary/aromatic N) is 1. The second-order valence-electron chi connectivity index (χ2n) is 6.78. The first-order valence-electron chi connectivity index (χ1n) is 7.75. The average Bonchev–Trinajstić information content (AvgIpc) is 2.46. The number of nitrogens with one attached hydrogen (secondary N) is 1. The molecule has 0 unspecified atom stereocenters. The van der Waals surface area contributed by atoms with Crippen LogP contribution < -0.4 is 10.1 Å². The van der Waals surface area contributed by atoms with E-state index >= 15 is 0 Å². The van der Waals surface area contributed by atoms with Crippen molar-refractivity contribution in [3.05, 3.63) is 23.8 Å². The smallest absolute Gasteiger partial charge is 0.162 e. The molecule has 0 saturated carbocycles. The van der Waals surface area contributed by atoms with E-state index in [1.165, 1.54) is 0 Å². The molecule has 4 heteroatoms.